The van der Waals surface area contributed by atoms with Gasteiger partial charge in [0.25, 0.3) is 5.56 Å². The van der Waals surface area contributed by atoms with E-state index in [0.717, 1.165) is 42.5 Å². The maximum absolute atomic E-state index is 13.2. The number of fused-ring (bicyclic) bond motifs is 3. The molecule has 0 bridgehead atoms. The van der Waals surface area contributed by atoms with E-state index in [4.69, 9.17) is 12.2 Å². The highest BCUT2D eigenvalue weighted by Gasteiger charge is 2.46. The van der Waals surface area contributed by atoms with Gasteiger partial charge in [0.1, 0.15) is 0 Å². The number of aromatic amines is 2. The van der Waals surface area contributed by atoms with Crippen molar-refractivity contribution in [2.45, 2.75) is 70.1 Å². The van der Waals surface area contributed by atoms with Crippen LogP contribution in [0.4, 0.5) is 0 Å². The topological polar surface area (TPSA) is 48.6 Å². The Hall–Kier alpha value is -1.68. The van der Waals surface area contributed by atoms with Gasteiger partial charge in [-0.2, -0.15) is 0 Å². The lowest BCUT2D eigenvalue weighted by atomic mass is 9.57. The third-order valence-electron chi connectivity index (χ3n) is 6.60. The van der Waals surface area contributed by atoms with Crippen LogP contribution in [0.25, 0.3) is 11.3 Å². The Morgan fingerprint density at radius 2 is 1.92 bits per heavy atom. The van der Waals surface area contributed by atoms with Crippen LogP contribution < -0.4 is 5.56 Å². The minimum absolute atomic E-state index is 0.0277. The minimum atomic E-state index is -0.0623. The summed E-state index contributed by atoms with van der Waals surface area (Å²) in [5.74, 6) is 0.584. The van der Waals surface area contributed by atoms with E-state index in [9.17, 15) is 4.79 Å². The average Bonchev–Trinajstić information content (AvgIpc) is 2.66. The van der Waals surface area contributed by atoms with Crippen LogP contribution in [0.3, 0.4) is 0 Å². The molecule has 1 saturated carbocycles. The molecule has 0 aliphatic heterocycles. The van der Waals surface area contributed by atoms with Crippen LogP contribution in [-0.4, -0.2) is 9.97 Å². The van der Waals surface area contributed by atoms with Crippen molar-refractivity contribution in [2.75, 3.05) is 0 Å². The summed E-state index contributed by atoms with van der Waals surface area (Å²) in [5.41, 5.74) is 4.43. The number of hydrogen-bond donors (Lipinski definition) is 2. The van der Waals surface area contributed by atoms with Crippen molar-refractivity contribution in [3.8, 4) is 11.3 Å². The molecular formula is C22H28N2OS. The zero-order valence-corrected chi connectivity index (χ0v) is 16.4. The van der Waals surface area contributed by atoms with Crippen molar-refractivity contribution in [2.24, 2.45) is 5.92 Å². The smallest absolute Gasteiger partial charge is 0.256 e. The largest absolute Gasteiger partial charge is 0.331 e. The molecule has 0 amide bonds. The number of H-pyrrole nitrogens is 2. The van der Waals surface area contributed by atoms with E-state index in [0.29, 0.717) is 10.7 Å². The van der Waals surface area contributed by atoms with E-state index in [-0.39, 0.29) is 11.0 Å². The molecule has 0 saturated heterocycles. The van der Waals surface area contributed by atoms with Crippen molar-refractivity contribution in [3.63, 3.8) is 0 Å². The zero-order valence-electron chi connectivity index (χ0n) is 15.6. The van der Waals surface area contributed by atoms with E-state index in [1.165, 1.54) is 37.7 Å². The summed E-state index contributed by atoms with van der Waals surface area (Å²) in [6, 6.07) is 8.54. The molecule has 1 atom stereocenters. The third-order valence-corrected chi connectivity index (χ3v) is 6.80. The molecule has 2 aliphatic carbocycles. The molecule has 2 aliphatic rings. The van der Waals surface area contributed by atoms with Gasteiger partial charge in [-0.3, -0.25) is 9.78 Å². The lowest BCUT2D eigenvalue weighted by molar-refractivity contribution is 0.179. The number of nitrogens with one attached hydrogen (secondary N) is 2. The van der Waals surface area contributed by atoms with Gasteiger partial charge < -0.3 is 4.98 Å². The summed E-state index contributed by atoms with van der Waals surface area (Å²) in [4.78, 5) is 19.4. The standard InChI is InChI=1S/C22H28N2OS/c1-2-3-13-22(16-10-5-4-6-11-16)14-15-9-7-8-12-17(15)19-18(22)20(25)24-21(26)23-19/h7-9,12,16H,2-6,10-11,13-14H2,1H3,(H2,23,24,25,26). The molecular weight excluding hydrogens is 340 g/mol. The zero-order chi connectivity index (χ0) is 18.1. The summed E-state index contributed by atoms with van der Waals surface area (Å²) in [6.45, 7) is 2.24. The van der Waals surface area contributed by atoms with Crippen molar-refractivity contribution in [1.29, 1.82) is 0 Å². The number of unbranched alkanes of at least 4 members (excludes halogenated alkanes) is 1. The normalized spacial score (nSPS) is 22.7. The second kappa shape index (κ2) is 7.15. The van der Waals surface area contributed by atoms with Crippen LogP contribution in [0.15, 0.2) is 29.1 Å². The minimum Gasteiger partial charge on any atom is -0.331 e. The van der Waals surface area contributed by atoms with Gasteiger partial charge in [-0.05, 0) is 49.4 Å². The number of rotatable bonds is 4. The van der Waals surface area contributed by atoms with Gasteiger partial charge in [-0.1, -0.05) is 63.3 Å². The third kappa shape index (κ3) is 2.88. The molecule has 4 rings (SSSR count). The maximum atomic E-state index is 13.2. The summed E-state index contributed by atoms with van der Waals surface area (Å²) < 4.78 is 0.429. The monoisotopic (exact) mass is 368 g/mol. The maximum Gasteiger partial charge on any atom is 0.256 e. The molecule has 0 radical (unpaired) electrons. The first-order valence-electron chi connectivity index (χ1n) is 10.1. The Morgan fingerprint density at radius 1 is 1.15 bits per heavy atom. The van der Waals surface area contributed by atoms with E-state index in [1.54, 1.807) is 0 Å². The molecule has 1 fully saturated rings. The first-order chi connectivity index (χ1) is 12.7. The highest BCUT2D eigenvalue weighted by molar-refractivity contribution is 7.71. The van der Waals surface area contributed by atoms with E-state index < -0.39 is 0 Å². The molecule has 1 aromatic heterocycles. The van der Waals surface area contributed by atoms with Crippen molar-refractivity contribution >= 4 is 12.2 Å². The van der Waals surface area contributed by atoms with Gasteiger partial charge in [-0.25, -0.2) is 0 Å². The van der Waals surface area contributed by atoms with Gasteiger partial charge in [0.15, 0.2) is 4.77 Å². The molecule has 1 unspecified atom stereocenters. The van der Waals surface area contributed by atoms with Crippen molar-refractivity contribution in [3.05, 3.63) is 50.5 Å². The van der Waals surface area contributed by atoms with Gasteiger partial charge in [-0.15, -0.1) is 0 Å². The van der Waals surface area contributed by atoms with Crippen LogP contribution in [-0.2, 0) is 11.8 Å². The lowest BCUT2D eigenvalue weighted by Crippen LogP contribution is -2.45. The number of aromatic nitrogens is 2. The van der Waals surface area contributed by atoms with E-state index in [1.807, 2.05) is 0 Å². The van der Waals surface area contributed by atoms with Gasteiger partial charge in [0.05, 0.1) is 5.69 Å². The van der Waals surface area contributed by atoms with Crippen LogP contribution in [0.1, 0.15) is 69.4 Å². The molecule has 1 aromatic carbocycles. The van der Waals surface area contributed by atoms with Crippen LogP contribution >= 0.6 is 12.2 Å². The molecule has 0 spiro atoms. The quantitative estimate of drug-likeness (QED) is 0.684. The molecule has 4 heteroatoms. The first kappa shape index (κ1) is 17.7. The molecule has 2 N–H and O–H groups in total. The van der Waals surface area contributed by atoms with Crippen LogP contribution in [0.5, 0.6) is 0 Å². The van der Waals surface area contributed by atoms with Crippen LogP contribution in [0.2, 0.25) is 0 Å². The van der Waals surface area contributed by atoms with Crippen LogP contribution in [0, 0.1) is 10.7 Å². The highest BCUT2D eigenvalue weighted by Crippen LogP contribution is 2.51. The SMILES string of the molecule is CCCCC1(C2CCCCC2)Cc2ccccc2-c2[nH]c(=S)[nH]c(=O)c21. The second-order valence-electron chi connectivity index (χ2n) is 8.09. The predicted octanol–water partition coefficient (Wildman–Crippen LogP) is 5.66. The Bertz CT molecular complexity index is 907. The fourth-order valence-corrected chi connectivity index (χ4v) is 5.62. The Morgan fingerprint density at radius 3 is 2.69 bits per heavy atom. The summed E-state index contributed by atoms with van der Waals surface area (Å²) >= 11 is 5.32. The average molecular weight is 369 g/mol. The Balaban J connectivity index is 1.98. The van der Waals surface area contributed by atoms with Gasteiger partial charge in [0, 0.05) is 16.5 Å². The second-order valence-corrected chi connectivity index (χ2v) is 8.50. The molecule has 1 heterocycles. The Labute approximate surface area is 160 Å². The lowest BCUT2D eigenvalue weighted by Gasteiger charge is -2.46. The number of benzene rings is 1. The summed E-state index contributed by atoms with van der Waals surface area (Å²) in [6.07, 6.45) is 10.8. The fourth-order valence-electron chi connectivity index (χ4n) is 5.42. The summed E-state index contributed by atoms with van der Waals surface area (Å²) in [5, 5.41) is 0. The highest BCUT2D eigenvalue weighted by atomic mass is 32.1. The van der Waals surface area contributed by atoms with E-state index >= 15 is 0 Å². The number of hydrogen-bond acceptors (Lipinski definition) is 2. The fraction of sp³-hybridized carbons (Fsp3) is 0.545. The van der Waals surface area contributed by atoms with Crippen molar-refractivity contribution in [1.82, 2.24) is 9.97 Å². The molecule has 26 heavy (non-hydrogen) atoms. The molecule has 138 valence electrons. The first-order valence-corrected chi connectivity index (χ1v) is 10.5. The van der Waals surface area contributed by atoms with Crippen molar-refractivity contribution < 1.29 is 0 Å². The van der Waals surface area contributed by atoms with Gasteiger partial charge >= 0.3 is 0 Å². The Kier molecular flexibility index (Phi) is 4.87. The van der Waals surface area contributed by atoms with E-state index in [2.05, 4.69) is 41.2 Å². The van der Waals surface area contributed by atoms with Gasteiger partial charge in [0.2, 0.25) is 0 Å². The predicted molar refractivity (Wildman–Crippen MR) is 109 cm³/mol. The molecule has 3 nitrogen and oxygen atoms in total. The molecule has 2 aromatic rings. The summed E-state index contributed by atoms with van der Waals surface area (Å²) in [7, 11) is 0.